The first-order valence-electron chi connectivity index (χ1n) is 13.5. The lowest BCUT2D eigenvalue weighted by Crippen LogP contribution is -2.18. The smallest absolute Gasteiger partial charge is 0.170 e. The molecule has 0 aliphatic heterocycles. The first-order valence-corrected chi connectivity index (χ1v) is 15.4. The van der Waals surface area contributed by atoms with E-state index in [4.69, 9.17) is 4.74 Å². The number of thioether (sulfide) groups is 2. The van der Waals surface area contributed by atoms with Crippen LogP contribution in [0.25, 0.3) is 0 Å². The summed E-state index contributed by atoms with van der Waals surface area (Å²) in [7, 11) is 0. The molecule has 1 nitrogen and oxygen atoms in total. The third-order valence-electron chi connectivity index (χ3n) is 5.54. The number of benzene rings is 2. The van der Waals surface area contributed by atoms with Crippen molar-refractivity contribution in [3.63, 3.8) is 0 Å². The third kappa shape index (κ3) is 12.0. The summed E-state index contributed by atoms with van der Waals surface area (Å²) in [5.74, 6) is 2.11. The van der Waals surface area contributed by atoms with Gasteiger partial charge in [0.2, 0.25) is 0 Å². The van der Waals surface area contributed by atoms with Crippen molar-refractivity contribution in [1.82, 2.24) is 0 Å². The second-order valence-electron chi connectivity index (χ2n) is 14.5. The quantitative estimate of drug-likeness (QED) is 0.300. The Labute approximate surface area is 232 Å². The Morgan fingerprint density at radius 1 is 0.667 bits per heavy atom. The van der Waals surface area contributed by atoms with E-state index in [0.29, 0.717) is 0 Å². The van der Waals surface area contributed by atoms with Crippen molar-refractivity contribution in [1.29, 1.82) is 0 Å². The molecule has 0 saturated heterocycles. The minimum Gasteiger partial charge on any atom is -0.475 e. The number of hydrogen-bond donors (Lipinski definition) is 0. The topological polar surface area (TPSA) is 9.23 Å². The Hall–Kier alpha value is -1.06. The van der Waals surface area contributed by atoms with Gasteiger partial charge in [-0.05, 0) is 64.7 Å². The molecule has 0 aliphatic rings. The Morgan fingerprint density at radius 2 is 1.25 bits per heavy atom. The van der Waals surface area contributed by atoms with Gasteiger partial charge in [0.15, 0.2) is 5.44 Å². The van der Waals surface area contributed by atoms with Crippen molar-refractivity contribution >= 4 is 23.5 Å². The molecule has 1 atom stereocenters. The van der Waals surface area contributed by atoms with E-state index in [1.54, 1.807) is 0 Å². The van der Waals surface area contributed by atoms with E-state index >= 15 is 0 Å². The van der Waals surface area contributed by atoms with Crippen LogP contribution in [0.5, 0.6) is 5.75 Å². The van der Waals surface area contributed by atoms with Crippen molar-refractivity contribution in [3.8, 4) is 5.75 Å². The maximum absolute atomic E-state index is 6.86. The van der Waals surface area contributed by atoms with Crippen LogP contribution < -0.4 is 4.74 Å². The molecule has 202 valence electrons. The number of hydrogen-bond acceptors (Lipinski definition) is 3. The van der Waals surface area contributed by atoms with Gasteiger partial charge in [0.1, 0.15) is 5.75 Å². The third-order valence-corrected chi connectivity index (χ3v) is 8.08. The van der Waals surface area contributed by atoms with E-state index in [0.717, 1.165) is 30.8 Å². The summed E-state index contributed by atoms with van der Waals surface area (Å²) in [5, 5.41) is 0. The number of ether oxygens (including phenoxy) is 1. The second kappa shape index (κ2) is 12.2. The molecule has 0 aromatic heterocycles. The Kier molecular flexibility index (Phi) is 10.6. The zero-order chi connectivity index (χ0) is 27.4. The SMILES string of the molecule is CC(C)(C)Cc1ccc(OC(SC(C)(C)C)c2ccccc2CC(C)(C)C)cc1CCSC(C)(C)C. The molecule has 0 bridgehead atoms. The fourth-order valence-corrected chi connectivity index (χ4v) is 6.30. The lowest BCUT2D eigenvalue weighted by molar-refractivity contribution is 0.289. The Morgan fingerprint density at radius 3 is 1.81 bits per heavy atom. The van der Waals surface area contributed by atoms with Crippen LogP contribution in [0.15, 0.2) is 42.5 Å². The summed E-state index contributed by atoms with van der Waals surface area (Å²) in [5.41, 5.74) is 6.01. The predicted octanol–water partition coefficient (Wildman–Crippen LogP) is 10.5. The maximum Gasteiger partial charge on any atom is 0.170 e. The van der Waals surface area contributed by atoms with Crippen LogP contribution in [0.1, 0.15) is 111 Å². The van der Waals surface area contributed by atoms with Gasteiger partial charge >= 0.3 is 0 Å². The highest BCUT2D eigenvalue weighted by Crippen LogP contribution is 2.42. The molecule has 1 unspecified atom stereocenters. The fourth-order valence-electron chi connectivity index (χ4n) is 4.21. The molecule has 0 fully saturated rings. The lowest BCUT2D eigenvalue weighted by Gasteiger charge is -2.30. The van der Waals surface area contributed by atoms with Gasteiger partial charge in [-0.3, -0.25) is 0 Å². The molecule has 0 aliphatic carbocycles. The molecule has 3 heteroatoms. The summed E-state index contributed by atoms with van der Waals surface area (Å²) in [4.78, 5) is 0. The van der Waals surface area contributed by atoms with E-state index in [-0.39, 0.29) is 25.8 Å². The van der Waals surface area contributed by atoms with Crippen molar-refractivity contribution < 1.29 is 4.74 Å². The van der Waals surface area contributed by atoms with E-state index in [1.165, 1.54) is 22.3 Å². The van der Waals surface area contributed by atoms with Gasteiger partial charge in [-0.15, -0.1) is 11.8 Å². The van der Waals surface area contributed by atoms with Gasteiger partial charge in [-0.1, -0.05) is 113 Å². The van der Waals surface area contributed by atoms with Crippen LogP contribution in [0.3, 0.4) is 0 Å². The number of rotatable bonds is 9. The van der Waals surface area contributed by atoms with Gasteiger partial charge in [0.25, 0.3) is 0 Å². The average molecular weight is 529 g/mol. The van der Waals surface area contributed by atoms with Crippen molar-refractivity contribution in [2.45, 2.75) is 117 Å². The molecular formula is C33H52OS2. The molecule has 0 spiro atoms. The summed E-state index contributed by atoms with van der Waals surface area (Å²) < 4.78 is 7.22. The van der Waals surface area contributed by atoms with Crippen molar-refractivity contribution in [3.05, 3.63) is 64.7 Å². The minimum absolute atomic E-state index is 0.0474. The highest BCUT2D eigenvalue weighted by atomic mass is 32.2. The van der Waals surface area contributed by atoms with Crippen molar-refractivity contribution in [2.24, 2.45) is 10.8 Å². The molecule has 0 saturated carbocycles. The molecule has 2 rings (SSSR count). The van der Waals surface area contributed by atoms with Crippen LogP contribution >= 0.6 is 23.5 Å². The molecule has 2 aromatic rings. The predicted molar refractivity (Wildman–Crippen MR) is 166 cm³/mol. The summed E-state index contributed by atoms with van der Waals surface area (Å²) >= 11 is 3.95. The normalized spacial score (nSPS) is 14.1. The van der Waals surface area contributed by atoms with Crippen LogP contribution in [0, 0.1) is 10.8 Å². The summed E-state index contributed by atoms with van der Waals surface area (Å²) in [6, 6.07) is 15.7. The fraction of sp³-hybridized carbons (Fsp3) is 0.636. The first kappa shape index (κ1) is 31.2. The second-order valence-corrected chi connectivity index (χ2v) is 18.3. The van der Waals surface area contributed by atoms with Gasteiger partial charge in [-0.25, -0.2) is 0 Å². The van der Waals surface area contributed by atoms with Crippen molar-refractivity contribution in [2.75, 3.05) is 5.75 Å². The summed E-state index contributed by atoms with van der Waals surface area (Å²) in [6.07, 6.45) is 3.19. The first-order chi connectivity index (χ1) is 16.3. The standard InChI is InChI=1S/C33H52OS2/c1-30(2,3)22-25-17-18-27(21-24(25)19-20-35-32(7,8)9)34-29(36-33(10,11)12)28-16-14-13-15-26(28)23-31(4,5)6/h13-18,21,29H,19-20,22-23H2,1-12H3. The molecular weight excluding hydrogens is 476 g/mol. The highest BCUT2D eigenvalue weighted by Gasteiger charge is 2.26. The summed E-state index contributed by atoms with van der Waals surface area (Å²) in [6.45, 7) is 27.7. The highest BCUT2D eigenvalue weighted by molar-refractivity contribution is 8.00. The van der Waals surface area contributed by atoms with Gasteiger partial charge in [0, 0.05) is 15.1 Å². The molecule has 2 aromatic carbocycles. The zero-order valence-corrected chi connectivity index (χ0v) is 26.8. The van der Waals surface area contributed by atoms with Gasteiger partial charge in [0.05, 0.1) is 0 Å². The largest absolute Gasteiger partial charge is 0.475 e. The number of aryl methyl sites for hydroxylation is 1. The molecule has 0 heterocycles. The minimum atomic E-state index is -0.0474. The molecule has 0 N–H and O–H groups in total. The Balaban J connectivity index is 2.43. The zero-order valence-electron chi connectivity index (χ0n) is 25.2. The van der Waals surface area contributed by atoms with Gasteiger partial charge < -0.3 is 4.74 Å². The van der Waals surface area contributed by atoms with Gasteiger partial charge in [-0.2, -0.15) is 11.8 Å². The van der Waals surface area contributed by atoms with Crippen LogP contribution in [-0.4, -0.2) is 15.2 Å². The average Bonchev–Trinajstić information content (AvgIpc) is 2.65. The molecule has 0 amide bonds. The Bertz CT molecular complexity index is 965. The van der Waals surface area contributed by atoms with Crippen LogP contribution in [0.4, 0.5) is 0 Å². The van der Waals surface area contributed by atoms with E-state index in [9.17, 15) is 0 Å². The van der Waals surface area contributed by atoms with E-state index in [2.05, 4.69) is 126 Å². The van der Waals surface area contributed by atoms with E-state index < -0.39 is 0 Å². The van der Waals surface area contributed by atoms with Crippen LogP contribution in [-0.2, 0) is 19.3 Å². The molecule has 0 radical (unpaired) electrons. The lowest BCUT2D eigenvalue weighted by atomic mass is 9.85. The van der Waals surface area contributed by atoms with E-state index in [1.807, 2.05) is 23.5 Å². The maximum atomic E-state index is 6.86. The van der Waals surface area contributed by atoms with Crippen LogP contribution in [0.2, 0.25) is 0 Å². The molecule has 36 heavy (non-hydrogen) atoms. The monoisotopic (exact) mass is 528 g/mol.